The van der Waals surface area contributed by atoms with E-state index in [0.29, 0.717) is 17.9 Å². The summed E-state index contributed by atoms with van der Waals surface area (Å²) in [4.78, 5) is 21.1. The molecule has 12 heteroatoms. The fourth-order valence-corrected chi connectivity index (χ4v) is 4.32. The maximum absolute atomic E-state index is 14.9. The Balaban J connectivity index is 1.28. The second-order valence-electron chi connectivity index (χ2n) is 9.30. The minimum Gasteiger partial charge on any atom is -0.490 e. The van der Waals surface area contributed by atoms with E-state index in [2.05, 4.69) is 32.2 Å². The number of carbonyl (C=O) groups excluding carboxylic acids is 1. The van der Waals surface area contributed by atoms with Crippen LogP contribution in [0.5, 0.6) is 17.4 Å². The molecule has 5 rings (SSSR count). The van der Waals surface area contributed by atoms with Gasteiger partial charge in [0.2, 0.25) is 5.88 Å². The summed E-state index contributed by atoms with van der Waals surface area (Å²) in [5.41, 5.74) is 0.802. The Morgan fingerprint density at radius 2 is 1.82 bits per heavy atom. The summed E-state index contributed by atoms with van der Waals surface area (Å²) in [6.45, 7) is 7.20. The molecule has 0 spiro atoms. The van der Waals surface area contributed by atoms with E-state index < -0.39 is 28.9 Å². The van der Waals surface area contributed by atoms with Crippen LogP contribution in [0, 0.1) is 24.4 Å². The Hall–Kier alpha value is -4.16. The number of anilines is 1. The van der Waals surface area contributed by atoms with Gasteiger partial charge in [-0.2, -0.15) is 10.1 Å². The molecule has 4 aromatic rings. The number of likely N-dealkylation sites (N-methyl/N-ethyl adjacent to an activating group) is 1. The number of fused-ring (bicyclic) bond motifs is 1. The molecule has 1 N–H and O–H groups in total. The standard InChI is InChI=1S/C27H27F3N6O3/c1-17-24(38-12-11-35-9-7-34(2)8-10-35)15-36-25(17)27(31-16-32-36)39-23-6-4-19(14-22(23)30)33-26(37)20-13-18(28)3-5-21(20)29/h3-6,13-16H,7-12H2,1-2H3,(H,33,37). The van der Waals surface area contributed by atoms with Crippen LogP contribution in [-0.2, 0) is 0 Å². The molecule has 1 aliphatic heterocycles. The van der Waals surface area contributed by atoms with Crippen molar-refractivity contribution in [1.82, 2.24) is 24.4 Å². The number of carbonyl (C=O) groups is 1. The molecule has 0 bridgehead atoms. The van der Waals surface area contributed by atoms with E-state index in [4.69, 9.17) is 9.47 Å². The van der Waals surface area contributed by atoms with Crippen molar-refractivity contribution in [2.45, 2.75) is 6.92 Å². The number of aromatic nitrogens is 3. The van der Waals surface area contributed by atoms with Crippen molar-refractivity contribution in [2.24, 2.45) is 0 Å². The molecule has 0 atom stereocenters. The van der Waals surface area contributed by atoms with Crippen LogP contribution >= 0.6 is 0 Å². The highest BCUT2D eigenvalue weighted by Gasteiger charge is 2.19. The van der Waals surface area contributed by atoms with Crippen LogP contribution in [0.2, 0.25) is 0 Å². The number of halogens is 3. The highest BCUT2D eigenvalue weighted by atomic mass is 19.1. The van der Waals surface area contributed by atoms with Crippen LogP contribution in [-0.4, -0.2) is 76.7 Å². The molecule has 0 unspecified atom stereocenters. The van der Waals surface area contributed by atoms with Crippen molar-refractivity contribution < 1.29 is 27.4 Å². The molecule has 1 fully saturated rings. The van der Waals surface area contributed by atoms with E-state index in [-0.39, 0.29) is 17.3 Å². The fraction of sp³-hybridized carbons (Fsp3) is 0.296. The molecular weight excluding hydrogens is 513 g/mol. The zero-order chi connectivity index (χ0) is 27.5. The molecule has 204 valence electrons. The summed E-state index contributed by atoms with van der Waals surface area (Å²) in [6.07, 6.45) is 3.01. The summed E-state index contributed by atoms with van der Waals surface area (Å²) >= 11 is 0. The topological polar surface area (TPSA) is 84.2 Å². The van der Waals surface area contributed by atoms with E-state index in [9.17, 15) is 18.0 Å². The van der Waals surface area contributed by atoms with Crippen LogP contribution < -0.4 is 14.8 Å². The van der Waals surface area contributed by atoms with Gasteiger partial charge in [-0.3, -0.25) is 9.69 Å². The number of piperazine rings is 1. The van der Waals surface area contributed by atoms with Crippen molar-refractivity contribution in [2.75, 3.05) is 51.7 Å². The Kier molecular flexibility index (Phi) is 7.66. The first kappa shape index (κ1) is 26.4. The molecule has 3 heterocycles. The molecule has 2 aromatic heterocycles. The fourth-order valence-electron chi connectivity index (χ4n) is 4.32. The highest BCUT2D eigenvalue weighted by molar-refractivity contribution is 6.04. The maximum Gasteiger partial charge on any atom is 0.258 e. The third kappa shape index (κ3) is 5.96. The average Bonchev–Trinajstić information content (AvgIpc) is 3.24. The van der Waals surface area contributed by atoms with E-state index in [0.717, 1.165) is 62.6 Å². The monoisotopic (exact) mass is 540 g/mol. The number of benzene rings is 2. The zero-order valence-corrected chi connectivity index (χ0v) is 21.5. The highest BCUT2D eigenvalue weighted by Crippen LogP contribution is 2.33. The van der Waals surface area contributed by atoms with Crippen LogP contribution in [0.15, 0.2) is 48.9 Å². The number of ether oxygens (including phenoxy) is 2. The van der Waals surface area contributed by atoms with Crippen molar-refractivity contribution in [3.8, 4) is 17.4 Å². The first-order chi connectivity index (χ1) is 18.8. The van der Waals surface area contributed by atoms with Crippen molar-refractivity contribution in [3.63, 3.8) is 0 Å². The van der Waals surface area contributed by atoms with E-state index in [1.807, 2.05) is 6.92 Å². The van der Waals surface area contributed by atoms with Gasteiger partial charge in [0.1, 0.15) is 35.8 Å². The summed E-state index contributed by atoms with van der Waals surface area (Å²) in [7, 11) is 2.11. The number of rotatable bonds is 8. The molecule has 2 aromatic carbocycles. The molecule has 1 saturated heterocycles. The van der Waals surface area contributed by atoms with Gasteiger partial charge in [0.05, 0.1) is 11.8 Å². The molecule has 1 aliphatic rings. The number of aryl methyl sites for hydroxylation is 1. The van der Waals surface area contributed by atoms with Gasteiger partial charge >= 0.3 is 0 Å². The lowest BCUT2D eigenvalue weighted by Crippen LogP contribution is -2.45. The van der Waals surface area contributed by atoms with Gasteiger partial charge in [0.25, 0.3) is 5.91 Å². The minimum atomic E-state index is -0.915. The molecule has 1 amide bonds. The van der Waals surface area contributed by atoms with Crippen LogP contribution in [0.1, 0.15) is 15.9 Å². The first-order valence-electron chi connectivity index (χ1n) is 12.4. The quantitative estimate of drug-likeness (QED) is 0.360. The van der Waals surface area contributed by atoms with Crippen molar-refractivity contribution in [3.05, 3.63) is 77.5 Å². The molecule has 39 heavy (non-hydrogen) atoms. The van der Waals surface area contributed by atoms with Gasteiger partial charge in [-0.05, 0) is 44.3 Å². The molecule has 9 nitrogen and oxygen atoms in total. The Bertz CT molecular complexity index is 1500. The van der Waals surface area contributed by atoms with E-state index in [1.54, 1.807) is 10.7 Å². The summed E-state index contributed by atoms with van der Waals surface area (Å²) in [5.74, 6) is -2.78. The lowest BCUT2D eigenvalue weighted by atomic mass is 10.2. The van der Waals surface area contributed by atoms with Crippen LogP contribution in [0.25, 0.3) is 5.52 Å². The van der Waals surface area contributed by atoms with Gasteiger partial charge in [-0.15, -0.1) is 0 Å². The second kappa shape index (κ2) is 11.3. The number of hydrogen-bond donors (Lipinski definition) is 1. The maximum atomic E-state index is 14.9. The Morgan fingerprint density at radius 1 is 1.03 bits per heavy atom. The summed E-state index contributed by atoms with van der Waals surface area (Å²) < 4.78 is 55.6. The summed E-state index contributed by atoms with van der Waals surface area (Å²) in [6, 6.07) is 6.21. The van der Waals surface area contributed by atoms with Gasteiger partial charge in [-0.1, -0.05) is 0 Å². The molecule has 0 saturated carbocycles. The largest absolute Gasteiger partial charge is 0.490 e. The van der Waals surface area contributed by atoms with Crippen molar-refractivity contribution in [1.29, 1.82) is 0 Å². The van der Waals surface area contributed by atoms with Crippen LogP contribution in [0.4, 0.5) is 18.9 Å². The molecule has 0 radical (unpaired) electrons. The Morgan fingerprint density at radius 3 is 2.59 bits per heavy atom. The third-order valence-electron chi connectivity index (χ3n) is 6.58. The van der Waals surface area contributed by atoms with Gasteiger partial charge in [0, 0.05) is 50.0 Å². The zero-order valence-electron chi connectivity index (χ0n) is 21.5. The summed E-state index contributed by atoms with van der Waals surface area (Å²) in [5, 5.41) is 6.57. The third-order valence-corrected chi connectivity index (χ3v) is 6.58. The second-order valence-corrected chi connectivity index (χ2v) is 9.30. The first-order valence-corrected chi connectivity index (χ1v) is 12.4. The normalized spacial score (nSPS) is 14.5. The lowest BCUT2D eigenvalue weighted by molar-refractivity contribution is 0.102. The predicted octanol–water partition coefficient (Wildman–Crippen LogP) is 4.13. The van der Waals surface area contributed by atoms with E-state index >= 15 is 0 Å². The number of nitrogens with zero attached hydrogens (tertiary/aromatic N) is 5. The van der Waals surface area contributed by atoms with Gasteiger partial charge in [0.15, 0.2) is 11.6 Å². The number of hydrogen-bond acceptors (Lipinski definition) is 7. The van der Waals surface area contributed by atoms with E-state index in [1.165, 1.54) is 18.5 Å². The van der Waals surface area contributed by atoms with Crippen LogP contribution in [0.3, 0.4) is 0 Å². The minimum absolute atomic E-state index is 0.0382. The number of nitrogens with one attached hydrogen (secondary N) is 1. The predicted molar refractivity (Wildman–Crippen MR) is 138 cm³/mol. The van der Waals surface area contributed by atoms with Gasteiger partial charge in [-0.25, -0.2) is 17.7 Å². The lowest BCUT2D eigenvalue weighted by Gasteiger charge is -2.32. The number of amides is 1. The SMILES string of the molecule is Cc1c(OCCN2CCN(C)CC2)cn2ncnc(Oc3ccc(NC(=O)c4cc(F)ccc4F)cc3F)c12. The van der Waals surface area contributed by atoms with Gasteiger partial charge < -0.3 is 19.7 Å². The Labute approximate surface area is 222 Å². The average molecular weight is 541 g/mol. The smallest absolute Gasteiger partial charge is 0.258 e. The van der Waals surface area contributed by atoms with Crippen molar-refractivity contribution >= 4 is 17.1 Å². The molecule has 0 aliphatic carbocycles. The molecular formula is C27H27F3N6O3.